The van der Waals surface area contributed by atoms with Gasteiger partial charge in [0.2, 0.25) is 5.88 Å². The summed E-state index contributed by atoms with van der Waals surface area (Å²) in [5.74, 6) is 1.42. The van der Waals surface area contributed by atoms with E-state index in [1.807, 2.05) is 30.3 Å². The number of nitrogens with zero attached hydrogens (tertiary/aromatic N) is 3. The minimum Gasteiger partial charge on any atom is -0.479 e. The Balaban J connectivity index is 1.87. The largest absolute Gasteiger partial charge is 0.479 e. The highest BCUT2D eigenvalue weighted by Crippen LogP contribution is 2.28. The van der Waals surface area contributed by atoms with Crippen molar-refractivity contribution in [2.45, 2.75) is 26.2 Å². The van der Waals surface area contributed by atoms with Gasteiger partial charge in [0, 0.05) is 13.2 Å². The lowest BCUT2D eigenvalue weighted by Crippen LogP contribution is -2.15. The maximum absolute atomic E-state index is 12.6. The van der Waals surface area contributed by atoms with Crippen molar-refractivity contribution in [2.75, 3.05) is 26.1 Å². The lowest BCUT2D eigenvalue weighted by molar-refractivity contribution is -0.132. The van der Waals surface area contributed by atoms with E-state index in [2.05, 4.69) is 30.2 Å². The van der Waals surface area contributed by atoms with E-state index >= 15 is 0 Å². The molecule has 0 spiro atoms. The quantitative estimate of drug-likeness (QED) is 0.403. The zero-order valence-electron chi connectivity index (χ0n) is 16.9. The molecule has 1 aromatic carbocycles. The van der Waals surface area contributed by atoms with E-state index in [4.69, 9.17) is 9.47 Å². The SMILES string of the molecule is COCc1nc(NC(C)=NC(COC(F)F)c2ccccc2)cc2[nH]nc(OC)c12. The van der Waals surface area contributed by atoms with Gasteiger partial charge in [0.15, 0.2) is 0 Å². The summed E-state index contributed by atoms with van der Waals surface area (Å²) in [4.78, 5) is 9.07. The summed E-state index contributed by atoms with van der Waals surface area (Å²) in [5.41, 5.74) is 2.11. The summed E-state index contributed by atoms with van der Waals surface area (Å²) in [6.07, 6.45) is 0. The Labute approximate surface area is 172 Å². The molecule has 0 bridgehead atoms. The molecule has 2 N–H and O–H groups in total. The Kier molecular flexibility index (Phi) is 7.26. The van der Waals surface area contributed by atoms with E-state index in [1.165, 1.54) is 7.11 Å². The number of hydrogen-bond acceptors (Lipinski definition) is 6. The fourth-order valence-corrected chi connectivity index (χ4v) is 3.04. The molecule has 0 aliphatic rings. The Bertz CT molecular complexity index is 995. The standard InChI is InChI=1S/C20H23F2N5O3/c1-12(23-15(11-30-20(21)22)13-7-5-4-6-8-13)24-17-9-14-18(16(25-17)10-28-2)19(29-3)27-26-14/h4-9,15,20H,10-11H2,1-3H3,(H,26,27)(H,23,24,25). The van der Waals surface area contributed by atoms with E-state index in [1.54, 1.807) is 20.1 Å². The van der Waals surface area contributed by atoms with Crippen LogP contribution in [0.1, 0.15) is 24.2 Å². The van der Waals surface area contributed by atoms with Crippen molar-refractivity contribution in [3.05, 3.63) is 47.7 Å². The van der Waals surface area contributed by atoms with Gasteiger partial charge in [0.05, 0.1) is 42.8 Å². The zero-order valence-corrected chi connectivity index (χ0v) is 16.9. The molecule has 30 heavy (non-hydrogen) atoms. The number of anilines is 1. The molecule has 0 saturated heterocycles. The average molecular weight is 419 g/mol. The monoisotopic (exact) mass is 419 g/mol. The second-order valence-electron chi connectivity index (χ2n) is 6.40. The summed E-state index contributed by atoms with van der Waals surface area (Å²) < 4.78 is 40.1. The second kappa shape index (κ2) is 10.1. The van der Waals surface area contributed by atoms with Gasteiger partial charge >= 0.3 is 6.61 Å². The molecule has 3 aromatic rings. The molecule has 0 aliphatic heterocycles. The number of benzene rings is 1. The van der Waals surface area contributed by atoms with Gasteiger partial charge in [-0.2, -0.15) is 8.78 Å². The van der Waals surface area contributed by atoms with Crippen molar-refractivity contribution in [3.63, 3.8) is 0 Å². The number of rotatable bonds is 9. The normalized spacial score (nSPS) is 13.1. The van der Waals surface area contributed by atoms with E-state index in [-0.39, 0.29) is 13.2 Å². The predicted molar refractivity (Wildman–Crippen MR) is 109 cm³/mol. The van der Waals surface area contributed by atoms with E-state index in [0.717, 1.165) is 10.9 Å². The number of pyridine rings is 1. The summed E-state index contributed by atoms with van der Waals surface area (Å²) in [6.45, 7) is -1.13. The van der Waals surface area contributed by atoms with Gasteiger partial charge in [-0.1, -0.05) is 30.3 Å². The Morgan fingerprint density at radius 3 is 2.67 bits per heavy atom. The van der Waals surface area contributed by atoms with E-state index < -0.39 is 12.7 Å². The first kappa shape index (κ1) is 21.6. The number of alkyl halides is 2. The third kappa shape index (κ3) is 5.28. The van der Waals surface area contributed by atoms with E-state index in [0.29, 0.717) is 28.7 Å². The van der Waals surface area contributed by atoms with Crippen LogP contribution < -0.4 is 10.1 Å². The zero-order chi connectivity index (χ0) is 21.5. The third-order valence-corrected chi connectivity index (χ3v) is 4.28. The van der Waals surface area contributed by atoms with Gasteiger partial charge in [-0.15, -0.1) is 5.10 Å². The number of fused-ring (bicyclic) bond motifs is 1. The van der Waals surface area contributed by atoms with Crippen LogP contribution in [-0.2, 0) is 16.1 Å². The van der Waals surface area contributed by atoms with Crippen LogP contribution in [0.4, 0.5) is 14.6 Å². The Hall–Kier alpha value is -3.11. The molecule has 1 unspecified atom stereocenters. The second-order valence-corrected chi connectivity index (χ2v) is 6.40. The molecular formula is C20H23F2N5O3. The maximum Gasteiger partial charge on any atom is 0.345 e. The van der Waals surface area contributed by atoms with Crippen LogP contribution in [0.3, 0.4) is 0 Å². The maximum atomic E-state index is 12.6. The van der Waals surface area contributed by atoms with Crippen LogP contribution in [0, 0.1) is 0 Å². The molecule has 10 heteroatoms. The average Bonchev–Trinajstić information content (AvgIpc) is 3.15. The van der Waals surface area contributed by atoms with Crippen molar-refractivity contribution in [3.8, 4) is 5.88 Å². The number of amidine groups is 1. The smallest absolute Gasteiger partial charge is 0.345 e. The van der Waals surface area contributed by atoms with Crippen molar-refractivity contribution >= 4 is 22.6 Å². The van der Waals surface area contributed by atoms with Gasteiger partial charge < -0.3 is 19.5 Å². The summed E-state index contributed by atoms with van der Waals surface area (Å²) in [7, 11) is 3.10. The number of aliphatic imine (C=N–C) groups is 1. The van der Waals surface area contributed by atoms with Crippen LogP contribution in [0.5, 0.6) is 5.88 Å². The first-order valence-corrected chi connectivity index (χ1v) is 9.18. The van der Waals surface area contributed by atoms with Gasteiger partial charge in [-0.25, -0.2) is 4.98 Å². The van der Waals surface area contributed by atoms with Crippen LogP contribution >= 0.6 is 0 Å². The van der Waals surface area contributed by atoms with Gasteiger partial charge in [-0.3, -0.25) is 10.1 Å². The molecule has 0 saturated carbocycles. The lowest BCUT2D eigenvalue weighted by atomic mass is 10.1. The van der Waals surface area contributed by atoms with Crippen molar-refractivity contribution < 1.29 is 23.0 Å². The summed E-state index contributed by atoms with van der Waals surface area (Å²) in [6, 6.07) is 10.3. The number of aromatic amines is 1. The number of nitrogens with one attached hydrogen (secondary N) is 2. The Morgan fingerprint density at radius 2 is 2.00 bits per heavy atom. The summed E-state index contributed by atoms with van der Waals surface area (Å²) in [5, 5.41) is 10.8. The minimum atomic E-state index is -2.87. The predicted octanol–water partition coefficient (Wildman–Crippen LogP) is 3.92. The van der Waals surface area contributed by atoms with Gasteiger partial charge in [0.25, 0.3) is 0 Å². The molecule has 1 atom stereocenters. The highest BCUT2D eigenvalue weighted by Gasteiger charge is 2.16. The number of methoxy groups -OCH3 is 2. The molecule has 0 radical (unpaired) electrons. The lowest BCUT2D eigenvalue weighted by Gasteiger charge is -2.15. The van der Waals surface area contributed by atoms with Crippen LogP contribution in [0.15, 0.2) is 41.4 Å². The minimum absolute atomic E-state index is 0.250. The number of H-pyrrole nitrogens is 1. The van der Waals surface area contributed by atoms with Gasteiger partial charge in [-0.05, 0) is 12.5 Å². The molecule has 2 aromatic heterocycles. The molecule has 160 valence electrons. The number of aromatic nitrogens is 3. The van der Waals surface area contributed by atoms with Crippen LogP contribution in [0.2, 0.25) is 0 Å². The molecule has 8 nitrogen and oxygen atoms in total. The molecular weight excluding hydrogens is 396 g/mol. The van der Waals surface area contributed by atoms with Gasteiger partial charge in [0.1, 0.15) is 11.9 Å². The molecule has 0 amide bonds. The number of hydrogen-bond donors (Lipinski definition) is 2. The fourth-order valence-electron chi connectivity index (χ4n) is 3.04. The number of halogens is 2. The third-order valence-electron chi connectivity index (χ3n) is 4.28. The summed E-state index contributed by atoms with van der Waals surface area (Å²) >= 11 is 0. The van der Waals surface area contributed by atoms with E-state index in [9.17, 15) is 8.78 Å². The first-order chi connectivity index (χ1) is 14.5. The van der Waals surface area contributed by atoms with Crippen molar-refractivity contribution in [1.82, 2.24) is 15.2 Å². The van der Waals surface area contributed by atoms with Crippen molar-refractivity contribution in [2.24, 2.45) is 4.99 Å². The number of ether oxygens (including phenoxy) is 3. The molecule has 0 aliphatic carbocycles. The molecule has 2 heterocycles. The molecule has 3 rings (SSSR count). The van der Waals surface area contributed by atoms with Crippen LogP contribution in [-0.4, -0.2) is 48.5 Å². The highest BCUT2D eigenvalue weighted by molar-refractivity contribution is 5.95. The topological polar surface area (TPSA) is 93.7 Å². The van der Waals surface area contributed by atoms with Crippen LogP contribution in [0.25, 0.3) is 10.9 Å². The highest BCUT2D eigenvalue weighted by atomic mass is 19.3. The fraction of sp³-hybridized carbons (Fsp3) is 0.350. The molecule has 0 fully saturated rings. The van der Waals surface area contributed by atoms with Crippen molar-refractivity contribution in [1.29, 1.82) is 0 Å². The first-order valence-electron chi connectivity index (χ1n) is 9.18. The Morgan fingerprint density at radius 1 is 1.23 bits per heavy atom.